The van der Waals surface area contributed by atoms with Crippen molar-refractivity contribution in [2.75, 3.05) is 37.8 Å². The first kappa shape index (κ1) is 18.7. The molecule has 24 heavy (non-hydrogen) atoms. The number of nitrogens with one attached hydrogen (secondary N) is 1. The average molecular weight is 353 g/mol. The number of carbonyl (C=O) groups is 1. The van der Waals surface area contributed by atoms with E-state index in [1.54, 1.807) is 6.92 Å². The molecule has 0 aromatic heterocycles. The number of benzene rings is 1. The third-order valence-corrected chi connectivity index (χ3v) is 6.28. The lowest BCUT2D eigenvalue weighted by Gasteiger charge is -2.30. The van der Waals surface area contributed by atoms with Crippen LogP contribution in [0, 0.1) is 5.92 Å². The molecule has 134 valence electrons. The van der Waals surface area contributed by atoms with Gasteiger partial charge in [0.1, 0.15) is 0 Å². The summed E-state index contributed by atoms with van der Waals surface area (Å²) in [6.07, 6.45) is 1.47. The summed E-state index contributed by atoms with van der Waals surface area (Å²) in [4.78, 5) is 14.4. The second-order valence-corrected chi connectivity index (χ2v) is 8.63. The fourth-order valence-corrected chi connectivity index (χ4v) is 4.02. The van der Waals surface area contributed by atoms with Crippen molar-refractivity contribution < 1.29 is 13.2 Å². The minimum atomic E-state index is -3.22. The van der Waals surface area contributed by atoms with Crippen molar-refractivity contribution in [2.24, 2.45) is 5.92 Å². The highest BCUT2D eigenvalue weighted by atomic mass is 32.2. The third-order valence-electron chi connectivity index (χ3n) is 4.43. The number of hydrogen-bond acceptors (Lipinski definition) is 4. The SMILES string of the molecule is CCS(=O)(=O)N1CCCC(C(=O)NCc2ccc(N(C)C)cc2)C1. The number of sulfonamides is 1. The van der Waals surface area contributed by atoms with E-state index in [9.17, 15) is 13.2 Å². The highest BCUT2D eigenvalue weighted by Gasteiger charge is 2.31. The lowest BCUT2D eigenvalue weighted by atomic mass is 9.99. The Balaban J connectivity index is 1.90. The van der Waals surface area contributed by atoms with Gasteiger partial charge in [-0.05, 0) is 37.5 Å². The number of hydrogen-bond donors (Lipinski definition) is 1. The minimum absolute atomic E-state index is 0.0670. The van der Waals surface area contributed by atoms with Crippen molar-refractivity contribution >= 4 is 21.6 Å². The molecular weight excluding hydrogens is 326 g/mol. The fraction of sp³-hybridized carbons (Fsp3) is 0.588. The number of amides is 1. The molecule has 1 aliphatic heterocycles. The molecule has 1 amide bonds. The van der Waals surface area contributed by atoms with Gasteiger partial charge in [0, 0.05) is 39.4 Å². The van der Waals surface area contributed by atoms with Crippen LogP contribution in [0.3, 0.4) is 0 Å². The Morgan fingerprint density at radius 2 is 1.96 bits per heavy atom. The second-order valence-electron chi connectivity index (χ2n) is 6.38. The van der Waals surface area contributed by atoms with Crippen LogP contribution in [0.2, 0.25) is 0 Å². The fourth-order valence-electron chi connectivity index (χ4n) is 2.84. The first-order valence-electron chi connectivity index (χ1n) is 8.35. The third kappa shape index (κ3) is 4.70. The molecule has 1 heterocycles. The predicted molar refractivity (Wildman–Crippen MR) is 96.4 cm³/mol. The van der Waals surface area contributed by atoms with E-state index in [2.05, 4.69) is 5.32 Å². The van der Waals surface area contributed by atoms with Crippen LogP contribution in [0.4, 0.5) is 5.69 Å². The number of rotatable bonds is 6. The maximum atomic E-state index is 12.4. The molecule has 1 fully saturated rings. The van der Waals surface area contributed by atoms with Crippen molar-refractivity contribution in [3.05, 3.63) is 29.8 Å². The van der Waals surface area contributed by atoms with Crippen molar-refractivity contribution in [2.45, 2.75) is 26.3 Å². The summed E-state index contributed by atoms with van der Waals surface area (Å²) in [6.45, 7) is 2.91. The van der Waals surface area contributed by atoms with E-state index in [-0.39, 0.29) is 17.6 Å². The zero-order valence-corrected chi connectivity index (χ0v) is 15.5. The lowest BCUT2D eigenvalue weighted by Crippen LogP contribution is -2.45. The number of anilines is 1. The molecule has 0 spiro atoms. The van der Waals surface area contributed by atoms with Crippen LogP contribution in [-0.4, -0.2) is 51.6 Å². The number of nitrogens with zero attached hydrogens (tertiary/aromatic N) is 2. The molecule has 0 aliphatic carbocycles. The molecule has 0 radical (unpaired) electrons. The second kappa shape index (κ2) is 7.98. The average Bonchev–Trinajstić information content (AvgIpc) is 2.60. The van der Waals surface area contributed by atoms with Gasteiger partial charge in [-0.2, -0.15) is 0 Å². The summed E-state index contributed by atoms with van der Waals surface area (Å²) >= 11 is 0. The van der Waals surface area contributed by atoms with Gasteiger partial charge in [0.25, 0.3) is 0 Å². The molecule has 6 nitrogen and oxygen atoms in total. The smallest absolute Gasteiger partial charge is 0.224 e. The Hall–Kier alpha value is -1.60. The van der Waals surface area contributed by atoms with Crippen LogP contribution in [0.25, 0.3) is 0 Å². The van der Waals surface area contributed by atoms with Crippen LogP contribution in [-0.2, 0) is 21.4 Å². The van der Waals surface area contributed by atoms with Crippen LogP contribution in [0.1, 0.15) is 25.3 Å². The van der Waals surface area contributed by atoms with E-state index in [4.69, 9.17) is 0 Å². The van der Waals surface area contributed by atoms with Crippen molar-refractivity contribution in [1.29, 1.82) is 0 Å². The topological polar surface area (TPSA) is 69.7 Å². The summed E-state index contributed by atoms with van der Waals surface area (Å²) in [5, 5.41) is 2.93. The summed E-state index contributed by atoms with van der Waals surface area (Å²) in [7, 11) is 0.745. The van der Waals surface area contributed by atoms with Gasteiger partial charge in [-0.25, -0.2) is 12.7 Å². The van der Waals surface area contributed by atoms with E-state index >= 15 is 0 Å². The Morgan fingerprint density at radius 3 is 2.54 bits per heavy atom. The largest absolute Gasteiger partial charge is 0.378 e. The Labute approximate surface area is 144 Å². The molecule has 1 saturated heterocycles. The van der Waals surface area contributed by atoms with Gasteiger partial charge >= 0.3 is 0 Å². The summed E-state index contributed by atoms with van der Waals surface area (Å²) in [6, 6.07) is 8.00. The van der Waals surface area contributed by atoms with Crippen LogP contribution >= 0.6 is 0 Å². The van der Waals surface area contributed by atoms with Crippen molar-refractivity contribution in [1.82, 2.24) is 9.62 Å². The highest BCUT2D eigenvalue weighted by Crippen LogP contribution is 2.20. The van der Waals surface area contributed by atoms with Crippen LogP contribution in [0.15, 0.2) is 24.3 Å². The molecule has 0 saturated carbocycles. The van der Waals surface area contributed by atoms with Gasteiger partial charge in [-0.3, -0.25) is 4.79 Å². The van der Waals surface area contributed by atoms with Gasteiger partial charge in [0.05, 0.1) is 11.7 Å². The van der Waals surface area contributed by atoms with E-state index in [1.807, 2.05) is 43.3 Å². The molecule has 1 aromatic rings. The standard InChI is InChI=1S/C17H27N3O3S/c1-4-24(22,23)20-11-5-6-15(13-20)17(21)18-12-14-7-9-16(10-8-14)19(2)3/h7-10,15H,4-6,11-13H2,1-3H3,(H,18,21). The van der Waals surface area contributed by atoms with E-state index in [0.29, 0.717) is 19.6 Å². The van der Waals surface area contributed by atoms with Gasteiger partial charge in [0.2, 0.25) is 15.9 Å². The molecule has 1 atom stereocenters. The zero-order chi connectivity index (χ0) is 17.7. The minimum Gasteiger partial charge on any atom is -0.378 e. The van der Waals surface area contributed by atoms with Crippen LogP contribution < -0.4 is 10.2 Å². The Kier molecular flexibility index (Phi) is 6.23. The monoisotopic (exact) mass is 353 g/mol. The Bertz CT molecular complexity index is 656. The molecule has 2 rings (SSSR count). The van der Waals surface area contributed by atoms with Crippen LogP contribution in [0.5, 0.6) is 0 Å². The van der Waals surface area contributed by atoms with Crippen molar-refractivity contribution in [3.63, 3.8) is 0 Å². The summed E-state index contributed by atoms with van der Waals surface area (Å²) < 4.78 is 25.4. The molecule has 1 aliphatic rings. The molecule has 1 aromatic carbocycles. The van der Waals surface area contributed by atoms with Gasteiger partial charge in [0.15, 0.2) is 0 Å². The van der Waals surface area contributed by atoms with E-state index < -0.39 is 10.0 Å². The van der Waals surface area contributed by atoms with Gasteiger partial charge in [-0.1, -0.05) is 12.1 Å². The number of carbonyl (C=O) groups excluding carboxylic acids is 1. The van der Waals surface area contributed by atoms with Gasteiger partial charge < -0.3 is 10.2 Å². The quantitative estimate of drug-likeness (QED) is 0.840. The van der Waals surface area contributed by atoms with Gasteiger partial charge in [-0.15, -0.1) is 0 Å². The normalized spacial score (nSPS) is 19.0. The van der Waals surface area contributed by atoms with Crippen molar-refractivity contribution in [3.8, 4) is 0 Å². The summed E-state index contributed by atoms with van der Waals surface area (Å²) in [5.74, 6) is -0.247. The number of piperidine rings is 1. The molecule has 1 unspecified atom stereocenters. The maximum Gasteiger partial charge on any atom is 0.224 e. The first-order chi connectivity index (χ1) is 11.3. The van der Waals surface area contributed by atoms with E-state index in [0.717, 1.165) is 24.1 Å². The summed E-state index contributed by atoms with van der Waals surface area (Å²) in [5.41, 5.74) is 2.14. The maximum absolute atomic E-state index is 12.4. The molecule has 0 bridgehead atoms. The molecular formula is C17H27N3O3S. The Morgan fingerprint density at radius 1 is 1.29 bits per heavy atom. The zero-order valence-electron chi connectivity index (χ0n) is 14.7. The molecule has 1 N–H and O–H groups in total. The highest BCUT2D eigenvalue weighted by molar-refractivity contribution is 7.89. The van der Waals surface area contributed by atoms with E-state index in [1.165, 1.54) is 4.31 Å². The first-order valence-corrected chi connectivity index (χ1v) is 9.96. The predicted octanol–water partition coefficient (Wildman–Crippen LogP) is 1.43. The molecule has 7 heteroatoms. The lowest BCUT2D eigenvalue weighted by molar-refractivity contribution is -0.126.